The lowest BCUT2D eigenvalue weighted by Crippen LogP contribution is -2.40. The van der Waals surface area contributed by atoms with E-state index >= 15 is 0 Å². The van der Waals surface area contributed by atoms with Crippen LogP contribution in [0.2, 0.25) is 0 Å². The Morgan fingerprint density at radius 1 is 1.08 bits per heavy atom. The van der Waals surface area contributed by atoms with Gasteiger partial charge in [0.15, 0.2) is 0 Å². The van der Waals surface area contributed by atoms with Gasteiger partial charge in [0.2, 0.25) is 5.60 Å². The number of rotatable bonds is 2. The summed E-state index contributed by atoms with van der Waals surface area (Å²) in [5.41, 5.74) is 7.30. The minimum atomic E-state index is -1.84. The maximum absolute atomic E-state index is 12.9. The molecule has 3 N–H and O–H groups in total. The molecule has 1 aliphatic heterocycles. The molecule has 6 nitrogen and oxygen atoms in total. The van der Waals surface area contributed by atoms with Gasteiger partial charge in [-0.1, -0.05) is 36.4 Å². The number of aromatic nitrogens is 2. The minimum absolute atomic E-state index is 0.254. The van der Waals surface area contributed by atoms with Crippen LogP contribution in [-0.2, 0) is 10.4 Å². The van der Waals surface area contributed by atoms with Gasteiger partial charge >= 0.3 is 0 Å². The number of aryl methyl sites for hydroxylation is 1. The Hall–Kier alpha value is -3.12. The molecule has 1 aromatic heterocycles. The van der Waals surface area contributed by atoms with Gasteiger partial charge in [-0.05, 0) is 25.1 Å². The maximum atomic E-state index is 12.9. The van der Waals surface area contributed by atoms with Crippen molar-refractivity contribution in [3.8, 4) is 5.69 Å². The molecule has 4 rings (SSSR count). The van der Waals surface area contributed by atoms with Gasteiger partial charge in [-0.15, -0.1) is 0 Å². The molecule has 0 bridgehead atoms. The molecular weight excluding hydrogens is 316 g/mol. The lowest BCUT2D eigenvalue weighted by Gasteiger charge is -2.22. The number of para-hydroxylation sites is 2. The largest absolute Gasteiger partial charge is 0.383 e. The van der Waals surface area contributed by atoms with Gasteiger partial charge in [-0.2, -0.15) is 5.10 Å². The second-order valence-electron chi connectivity index (χ2n) is 6.18. The van der Waals surface area contributed by atoms with Crippen molar-refractivity contribution in [2.75, 3.05) is 17.7 Å². The van der Waals surface area contributed by atoms with Crippen molar-refractivity contribution < 1.29 is 9.90 Å². The van der Waals surface area contributed by atoms with Gasteiger partial charge in [-0.25, -0.2) is 4.68 Å². The fraction of sp³-hybridized carbons (Fsp3) is 0.158. The van der Waals surface area contributed by atoms with E-state index in [-0.39, 0.29) is 5.82 Å². The quantitative estimate of drug-likeness (QED) is 0.750. The number of fused-ring (bicyclic) bond motifs is 1. The summed E-state index contributed by atoms with van der Waals surface area (Å²) >= 11 is 0. The van der Waals surface area contributed by atoms with Crippen LogP contribution in [0.4, 0.5) is 11.5 Å². The zero-order valence-electron chi connectivity index (χ0n) is 14.0. The topological polar surface area (TPSA) is 84.4 Å². The lowest BCUT2D eigenvalue weighted by molar-refractivity contribution is -0.131. The van der Waals surface area contributed by atoms with E-state index in [1.807, 2.05) is 36.4 Å². The Labute approximate surface area is 145 Å². The lowest BCUT2D eigenvalue weighted by atomic mass is 9.87. The molecule has 2 aromatic carbocycles. The van der Waals surface area contributed by atoms with E-state index in [0.29, 0.717) is 22.5 Å². The van der Waals surface area contributed by atoms with E-state index in [1.165, 1.54) is 4.90 Å². The summed E-state index contributed by atoms with van der Waals surface area (Å²) in [6.07, 6.45) is 0. The number of likely N-dealkylation sites (N-methyl/N-ethyl adjacent to an activating group) is 1. The van der Waals surface area contributed by atoms with Crippen molar-refractivity contribution in [2.45, 2.75) is 12.5 Å². The number of nitrogens with two attached hydrogens (primary N) is 1. The summed E-state index contributed by atoms with van der Waals surface area (Å²) in [5.74, 6) is -0.180. The molecule has 2 heterocycles. The van der Waals surface area contributed by atoms with Crippen molar-refractivity contribution in [2.24, 2.45) is 0 Å². The molecule has 25 heavy (non-hydrogen) atoms. The van der Waals surface area contributed by atoms with Crippen LogP contribution in [-0.4, -0.2) is 27.8 Å². The van der Waals surface area contributed by atoms with Crippen LogP contribution in [0.25, 0.3) is 5.69 Å². The van der Waals surface area contributed by atoms with Gasteiger partial charge in [0.25, 0.3) is 5.91 Å². The maximum Gasteiger partial charge on any atom is 0.268 e. The molecule has 1 amide bonds. The number of nitrogens with zero attached hydrogens (tertiary/aromatic N) is 3. The Morgan fingerprint density at radius 2 is 1.72 bits per heavy atom. The number of aliphatic hydroxyl groups is 1. The number of hydrogen-bond donors (Lipinski definition) is 2. The van der Waals surface area contributed by atoms with E-state index in [1.54, 1.807) is 36.9 Å². The average Bonchev–Trinajstić information content (AvgIpc) is 3.04. The molecule has 0 fully saturated rings. The summed E-state index contributed by atoms with van der Waals surface area (Å²) in [5, 5.41) is 15.9. The number of hydrogen-bond acceptors (Lipinski definition) is 4. The number of anilines is 2. The second-order valence-corrected chi connectivity index (χ2v) is 6.18. The van der Waals surface area contributed by atoms with E-state index < -0.39 is 11.5 Å². The summed E-state index contributed by atoms with van der Waals surface area (Å²) in [7, 11) is 1.65. The average molecular weight is 334 g/mol. The van der Waals surface area contributed by atoms with Crippen molar-refractivity contribution in [1.29, 1.82) is 0 Å². The second kappa shape index (κ2) is 5.19. The van der Waals surface area contributed by atoms with Gasteiger partial charge in [0.05, 0.1) is 22.6 Å². The van der Waals surface area contributed by atoms with E-state index in [0.717, 1.165) is 5.69 Å². The monoisotopic (exact) mass is 334 g/mol. The first-order valence-corrected chi connectivity index (χ1v) is 7.97. The molecule has 0 unspecified atom stereocenters. The normalized spacial score (nSPS) is 19.3. The third-order valence-corrected chi connectivity index (χ3v) is 4.73. The number of carbonyl (C=O) groups excluding carboxylic acids is 1. The van der Waals surface area contributed by atoms with Crippen molar-refractivity contribution in [1.82, 2.24) is 9.78 Å². The first kappa shape index (κ1) is 15.4. The standard InChI is InChI=1S/C19H18N4O2/c1-12-16(17(20)23(21-12)13-8-4-3-5-9-13)19(25)14-10-6-7-11-15(14)22(2)18(19)24/h3-11,25H,20H2,1-2H3/t19-/m0/s1. The summed E-state index contributed by atoms with van der Waals surface area (Å²) < 4.78 is 1.55. The third-order valence-electron chi connectivity index (χ3n) is 4.73. The van der Waals surface area contributed by atoms with E-state index in [9.17, 15) is 9.90 Å². The Bertz CT molecular complexity index is 980. The molecule has 0 aliphatic carbocycles. The first-order chi connectivity index (χ1) is 12.0. The fourth-order valence-electron chi connectivity index (χ4n) is 3.54. The van der Waals surface area contributed by atoms with Gasteiger partial charge in [0.1, 0.15) is 5.82 Å². The molecule has 1 atom stereocenters. The molecule has 0 radical (unpaired) electrons. The summed E-state index contributed by atoms with van der Waals surface area (Å²) in [6.45, 7) is 1.75. The molecule has 6 heteroatoms. The molecule has 0 saturated heterocycles. The highest BCUT2D eigenvalue weighted by Crippen LogP contribution is 2.46. The van der Waals surface area contributed by atoms with Crippen LogP contribution in [0.3, 0.4) is 0 Å². The number of amides is 1. The van der Waals surface area contributed by atoms with Gasteiger partial charge in [0, 0.05) is 12.6 Å². The van der Waals surface area contributed by atoms with E-state index in [2.05, 4.69) is 5.10 Å². The van der Waals surface area contributed by atoms with Gasteiger partial charge < -0.3 is 15.7 Å². The first-order valence-electron chi connectivity index (χ1n) is 7.97. The zero-order chi connectivity index (χ0) is 17.8. The predicted molar refractivity (Wildman–Crippen MR) is 95.6 cm³/mol. The summed E-state index contributed by atoms with van der Waals surface area (Å²) in [4.78, 5) is 14.4. The third kappa shape index (κ3) is 1.94. The van der Waals surface area contributed by atoms with Crippen molar-refractivity contribution >= 4 is 17.4 Å². The van der Waals surface area contributed by atoms with Crippen LogP contribution in [0.5, 0.6) is 0 Å². The van der Waals surface area contributed by atoms with Crippen LogP contribution < -0.4 is 10.6 Å². The Kier molecular flexibility index (Phi) is 3.20. The number of benzene rings is 2. The number of nitrogen functional groups attached to an aromatic ring is 1. The fourth-order valence-corrected chi connectivity index (χ4v) is 3.54. The minimum Gasteiger partial charge on any atom is -0.383 e. The van der Waals surface area contributed by atoms with Crippen molar-refractivity contribution in [3.63, 3.8) is 0 Å². The highest BCUT2D eigenvalue weighted by molar-refractivity contribution is 6.09. The summed E-state index contributed by atoms with van der Waals surface area (Å²) in [6, 6.07) is 16.6. The molecule has 0 spiro atoms. The molecular formula is C19H18N4O2. The van der Waals surface area contributed by atoms with E-state index in [4.69, 9.17) is 5.73 Å². The molecule has 126 valence electrons. The van der Waals surface area contributed by atoms with Crippen molar-refractivity contribution in [3.05, 3.63) is 71.4 Å². The zero-order valence-corrected chi connectivity index (χ0v) is 14.0. The van der Waals surface area contributed by atoms with Crippen LogP contribution >= 0.6 is 0 Å². The molecule has 0 saturated carbocycles. The Balaban J connectivity index is 1.97. The molecule has 3 aromatic rings. The van der Waals surface area contributed by atoms with Crippen LogP contribution in [0.15, 0.2) is 54.6 Å². The predicted octanol–water partition coefficient (Wildman–Crippen LogP) is 1.98. The van der Waals surface area contributed by atoms with Gasteiger partial charge in [-0.3, -0.25) is 4.79 Å². The highest BCUT2D eigenvalue weighted by Gasteiger charge is 2.52. The Morgan fingerprint density at radius 3 is 2.44 bits per heavy atom. The SMILES string of the molecule is Cc1nn(-c2ccccc2)c(N)c1[C@]1(O)C(=O)N(C)c2ccccc21. The highest BCUT2D eigenvalue weighted by atomic mass is 16.3. The van der Waals surface area contributed by atoms with Crippen LogP contribution in [0.1, 0.15) is 16.8 Å². The smallest absolute Gasteiger partial charge is 0.268 e. The number of carbonyl (C=O) groups is 1. The molecule has 1 aliphatic rings. The van der Waals surface area contributed by atoms with Crippen LogP contribution in [0, 0.1) is 6.92 Å².